The van der Waals surface area contributed by atoms with Crippen molar-refractivity contribution < 1.29 is 19.4 Å². The van der Waals surface area contributed by atoms with Crippen LogP contribution < -0.4 is 14.8 Å². The van der Waals surface area contributed by atoms with Gasteiger partial charge in [-0.05, 0) is 29.3 Å². The van der Waals surface area contributed by atoms with Crippen molar-refractivity contribution in [2.75, 3.05) is 19.5 Å². The number of nitrogens with one attached hydrogen (secondary N) is 1. The fourth-order valence-corrected chi connectivity index (χ4v) is 3.79. The first kappa shape index (κ1) is 19.1. The summed E-state index contributed by atoms with van der Waals surface area (Å²) < 4.78 is 12.3. The second-order valence-corrected chi connectivity index (χ2v) is 7.18. The van der Waals surface area contributed by atoms with Crippen molar-refractivity contribution in [3.05, 3.63) is 64.3 Å². The quantitative estimate of drug-likeness (QED) is 0.664. The molecule has 0 spiro atoms. The number of carbonyl (C=O) groups is 1. The second kappa shape index (κ2) is 7.67. The number of anilines is 1. The van der Waals surface area contributed by atoms with E-state index >= 15 is 0 Å². The summed E-state index contributed by atoms with van der Waals surface area (Å²) in [6, 6.07) is 11.0. The number of fused-ring (bicyclic) bond motifs is 1. The minimum atomic E-state index is -0.248. The van der Waals surface area contributed by atoms with Gasteiger partial charge in [0.2, 0.25) is 11.7 Å². The van der Waals surface area contributed by atoms with E-state index in [4.69, 9.17) is 21.1 Å². The molecule has 29 heavy (non-hydrogen) atoms. The Bertz CT molecular complexity index is 1050. The number of aromatic nitrogens is 2. The monoisotopic (exact) mass is 413 g/mol. The lowest BCUT2D eigenvalue weighted by Crippen LogP contribution is -2.25. The molecule has 1 aliphatic rings. The van der Waals surface area contributed by atoms with E-state index in [1.54, 1.807) is 23.0 Å². The highest BCUT2D eigenvalue weighted by Crippen LogP contribution is 2.44. The fourth-order valence-electron chi connectivity index (χ4n) is 3.59. The number of amides is 1. The molecule has 8 heteroatoms. The number of phenolic OH excluding ortho intramolecular Hbond substituents is 1. The molecule has 1 atom stereocenters. The zero-order valence-electron chi connectivity index (χ0n) is 16.0. The van der Waals surface area contributed by atoms with Gasteiger partial charge in [0.1, 0.15) is 5.82 Å². The molecule has 2 aromatic carbocycles. The highest BCUT2D eigenvalue weighted by atomic mass is 35.5. The van der Waals surface area contributed by atoms with E-state index in [-0.39, 0.29) is 35.5 Å². The minimum Gasteiger partial charge on any atom is -0.502 e. The first-order valence-corrected chi connectivity index (χ1v) is 9.43. The Morgan fingerprint density at radius 3 is 2.59 bits per heavy atom. The lowest BCUT2D eigenvalue weighted by atomic mass is 9.87. The third kappa shape index (κ3) is 3.49. The van der Waals surface area contributed by atoms with Gasteiger partial charge in [0.15, 0.2) is 11.5 Å². The molecular formula is C21H20ClN3O4. The van der Waals surface area contributed by atoms with Crippen LogP contribution >= 0.6 is 11.6 Å². The van der Waals surface area contributed by atoms with Crippen molar-refractivity contribution in [1.29, 1.82) is 0 Å². The number of aromatic hydroxyl groups is 1. The molecule has 0 radical (unpaired) electrons. The number of hydrogen-bond acceptors (Lipinski definition) is 5. The Balaban J connectivity index is 1.76. The van der Waals surface area contributed by atoms with Gasteiger partial charge in [-0.25, -0.2) is 4.68 Å². The molecule has 0 bridgehead atoms. The largest absolute Gasteiger partial charge is 0.502 e. The van der Waals surface area contributed by atoms with E-state index in [1.807, 2.05) is 24.3 Å². The van der Waals surface area contributed by atoms with Crippen LogP contribution in [-0.2, 0) is 11.3 Å². The van der Waals surface area contributed by atoms with Gasteiger partial charge in [0.05, 0.1) is 27.0 Å². The molecule has 1 aromatic heterocycles. The molecule has 0 unspecified atom stereocenters. The summed E-state index contributed by atoms with van der Waals surface area (Å²) in [5, 5.41) is 18.2. The minimum absolute atomic E-state index is 0.0753. The molecule has 2 N–H and O–H groups in total. The lowest BCUT2D eigenvalue weighted by molar-refractivity contribution is -0.116. The van der Waals surface area contributed by atoms with Gasteiger partial charge >= 0.3 is 0 Å². The number of nitrogens with zero attached hydrogens (tertiary/aromatic N) is 2. The number of halogens is 1. The van der Waals surface area contributed by atoms with Crippen LogP contribution in [0.25, 0.3) is 0 Å². The summed E-state index contributed by atoms with van der Waals surface area (Å²) in [7, 11) is 2.94. The maximum Gasteiger partial charge on any atom is 0.226 e. The highest BCUT2D eigenvalue weighted by Gasteiger charge is 2.31. The number of ether oxygens (including phenoxy) is 2. The van der Waals surface area contributed by atoms with Crippen LogP contribution in [0.15, 0.2) is 42.6 Å². The summed E-state index contributed by atoms with van der Waals surface area (Å²) >= 11 is 6.28. The van der Waals surface area contributed by atoms with Crippen molar-refractivity contribution in [3.8, 4) is 17.2 Å². The third-order valence-electron chi connectivity index (χ3n) is 5.07. The van der Waals surface area contributed by atoms with E-state index in [9.17, 15) is 9.90 Å². The number of hydrogen-bond donors (Lipinski definition) is 2. The van der Waals surface area contributed by atoms with Crippen LogP contribution in [0.5, 0.6) is 17.2 Å². The maximum atomic E-state index is 12.5. The van der Waals surface area contributed by atoms with Crippen LogP contribution in [0.2, 0.25) is 5.02 Å². The Labute approximate surface area is 172 Å². The summed E-state index contributed by atoms with van der Waals surface area (Å²) in [5.41, 5.74) is 2.58. The van der Waals surface area contributed by atoms with Crippen molar-refractivity contribution in [2.24, 2.45) is 0 Å². The van der Waals surface area contributed by atoms with E-state index in [1.165, 1.54) is 14.2 Å². The van der Waals surface area contributed by atoms with Crippen LogP contribution in [0.1, 0.15) is 29.0 Å². The molecule has 0 fully saturated rings. The Hall–Kier alpha value is -3.19. The van der Waals surface area contributed by atoms with Gasteiger partial charge in [-0.3, -0.25) is 4.79 Å². The van der Waals surface area contributed by atoms with E-state index < -0.39 is 0 Å². The zero-order valence-corrected chi connectivity index (χ0v) is 16.7. The number of benzene rings is 2. The van der Waals surface area contributed by atoms with Gasteiger partial charge < -0.3 is 19.9 Å². The zero-order chi connectivity index (χ0) is 20.5. The van der Waals surface area contributed by atoms with E-state index in [0.717, 1.165) is 16.7 Å². The van der Waals surface area contributed by atoms with Gasteiger partial charge in [-0.15, -0.1) is 0 Å². The first-order chi connectivity index (χ1) is 14.0. The second-order valence-electron chi connectivity index (χ2n) is 6.78. The normalized spacial score (nSPS) is 15.6. The molecule has 0 saturated heterocycles. The molecule has 4 rings (SSSR count). The van der Waals surface area contributed by atoms with Gasteiger partial charge in [-0.1, -0.05) is 29.8 Å². The first-order valence-electron chi connectivity index (χ1n) is 9.05. The molecular weight excluding hydrogens is 394 g/mol. The Morgan fingerprint density at radius 2 is 1.93 bits per heavy atom. The predicted molar refractivity (Wildman–Crippen MR) is 109 cm³/mol. The van der Waals surface area contributed by atoms with Crippen molar-refractivity contribution >= 4 is 23.3 Å². The van der Waals surface area contributed by atoms with Gasteiger partial charge in [-0.2, -0.15) is 5.10 Å². The Kier molecular flexibility index (Phi) is 5.07. The van der Waals surface area contributed by atoms with Crippen molar-refractivity contribution in [1.82, 2.24) is 9.78 Å². The smallest absolute Gasteiger partial charge is 0.226 e. The summed E-state index contributed by atoms with van der Waals surface area (Å²) in [5.74, 6) is 0.771. The molecule has 1 aliphatic heterocycles. The molecule has 2 heterocycles. The van der Waals surface area contributed by atoms with E-state index in [2.05, 4.69) is 10.4 Å². The van der Waals surface area contributed by atoms with E-state index in [0.29, 0.717) is 17.4 Å². The van der Waals surface area contributed by atoms with Crippen LogP contribution in [0, 0.1) is 0 Å². The summed E-state index contributed by atoms with van der Waals surface area (Å²) in [4.78, 5) is 12.5. The van der Waals surface area contributed by atoms with Gasteiger partial charge in [0.25, 0.3) is 0 Å². The SMILES string of the molecule is COc1cc([C@@H]2CC(=O)Nc3c2cnn3Cc2ccccc2Cl)cc(OC)c1O. The standard InChI is InChI=1S/C21H20ClN3O4/c1-28-17-7-13(8-18(29-2)20(17)27)14-9-19(26)24-21-15(14)10-23-25(21)11-12-5-3-4-6-16(12)22/h3-8,10,14,27H,9,11H2,1-2H3,(H,24,26)/t14-/m0/s1. The van der Waals surface area contributed by atoms with Gasteiger partial charge in [0, 0.05) is 22.9 Å². The molecule has 3 aromatic rings. The number of methoxy groups -OCH3 is 2. The van der Waals surface area contributed by atoms with Crippen LogP contribution in [0.4, 0.5) is 5.82 Å². The van der Waals surface area contributed by atoms with Crippen molar-refractivity contribution in [3.63, 3.8) is 0 Å². The Morgan fingerprint density at radius 1 is 1.24 bits per heavy atom. The summed E-state index contributed by atoms with van der Waals surface area (Å²) in [6.45, 7) is 0.435. The average molecular weight is 414 g/mol. The number of carbonyl (C=O) groups excluding carboxylic acids is 1. The average Bonchev–Trinajstić information content (AvgIpc) is 3.12. The summed E-state index contributed by atoms with van der Waals surface area (Å²) in [6.07, 6.45) is 2.00. The third-order valence-corrected chi connectivity index (χ3v) is 5.44. The van der Waals surface area contributed by atoms with Crippen LogP contribution in [0.3, 0.4) is 0 Å². The predicted octanol–water partition coefficient (Wildman–Crippen LogP) is 3.78. The number of phenols is 1. The fraction of sp³-hybridized carbons (Fsp3) is 0.238. The number of rotatable bonds is 5. The topological polar surface area (TPSA) is 85.6 Å². The molecule has 150 valence electrons. The lowest BCUT2D eigenvalue weighted by Gasteiger charge is -2.25. The molecule has 7 nitrogen and oxygen atoms in total. The molecule has 0 saturated carbocycles. The molecule has 1 amide bonds. The van der Waals surface area contributed by atoms with Crippen molar-refractivity contribution in [2.45, 2.75) is 18.9 Å². The molecule has 0 aliphatic carbocycles. The maximum absolute atomic E-state index is 12.5. The highest BCUT2D eigenvalue weighted by molar-refractivity contribution is 6.31. The van der Waals surface area contributed by atoms with Crippen LogP contribution in [-0.4, -0.2) is 35.0 Å².